The normalized spacial score (nSPS) is 22.5. The molecule has 0 N–H and O–H groups in total. The molecule has 0 saturated carbocycles. The van der Waals surface area contributed by atoms with E-state index in [2.05, 4.69) is 23.0 Å². The van der Waals surface area contributed by atoms with E-state index in [1.165, 1.54) is 61.6 Å². The molecule has 1 aliphatic heterocycles. The molecule has 0 aromatic rings. The van der Waals surface area contributed by atoms with Crippen molar-refractivity contribution < 1.29 is 4.48 Å². The van der Waals surface area contributed by atoms with E-state index in [9.17, 15) is 0 Å². The lowest BCUT2D eigenvalue weighted by molar-refractivity contribution is -0.914. The van der Waals surface area contributed by atoms with E-state index in [0.717, 1.165) is 0 Å². The highest BCUT2D eigenvalue weighted by Gasteiger charge is 2.23. The van der Waals surface area contributed by atoms with Gasteiger partial charge >= 0.3 is 0 Å². The van der Waals surface area contributed by atoms with Crippen LogP contribution in [0.15, 0.2) is 0 Å². The Bertz CT molecular complexity index is 119. The molecule has 0 aromatic heterocycles. The van der Waals surface area contributed by atoms with Crippen LogP contribution in [0.5, 0.6) is 0 Å². The Kier molecular flexibility index (Phi) is 4.59. The van der Waals surface area contributed by atoms with Gasteiger partial charge in [-0.2, -0.15) is 0 Å². The molecule has 0 spiro atoms. The van der Waals surface area contributed by atoms with Gasteiger partial charge in [-0.25, -0.2) is 0 Å². The molecule has 1 heterocycles. The molecule has 1 rings (SSSR count). The van der Waals surface area contributed by atoms with E-state index >= 15 is 0 Å². The number of unbranched alkanes of at least 4 members (excludes halogenated alkanes) is 1. The van der Waals surface area contributed by atoms with Crippen LogP contribution in [0.1, 0.15) is 32.1 Å². The van der Waals surface area contributed by atoms with Crippen molar-refractivity contribution >= 4 is 15.9 Å². The van der Waals surface area contributed by atoms with Crippen molar-refractivity contribution in [1.29, 1.82) is 0 Å². The lowest BCUT2D eigenvalue weighted by Crippen LogP contribution is -2.48. The quantitative estimate of drug-likeness (QED) is 0.399. The van der Waals surface area contributed by atoms with Crippen molar-refractivity contribution in [1.82, 2.24) is 0 Å². The van der Waals surface area contributed by atoms with Crippen molar-refractivity contribution in [3.63, 3.8) is 0 Å². The minimum atomic E-state index is 1.17. The van der Waals surface area contributed by atoms with Gasteiger partial charge in [-0.1, -0.05) is 15.9 Å². The van der Waals surface area contributed by atoms with Crippen LogP contribution in [-0.4, -0.2) is 36.5 Å². The van der Waals surface area contributed by atoms with Crippen LogP contribution < -0.4 is 0 Å². The molecule has 1 nitrogen and oxygen atoms in total. The third-order valence-electron chi connectivity index (χ3n) is 2.98. The van der Waals surface area contributed by atoms with E-state index in [-0.39, 0.29) is 0 Å². The van der Waals surface area contributed by atoms with E-state index in [0.29, 0.717) is 0 Å². The summed E-state index contributed by atoms with van der Waals surface area (Å²) in [7, 11) is 2.42. The van der Waals surface area contributed by atoms with E-state index in [1.807, 2.05) is 0 Å². The third kappa shape index (κ3) is 3.44. The monoisotopic (exact) mass is 234 g/mol. The molecule has 2 heteroatoms. The number of halogens is 1. The lowest BCUT2D eigenvalue weighted by Gasteiger charge is -2.37. The molecule has 1 fully saturated rings. The second-order valence-electron chi connectivity index (χ2n) is 4.25. The van der Waals surface area contributed by atoms with Gasteiger partial charge in [-0.05, 0) is 32.1 Å². The molecule has 0 atom stereocenters. The number of quaternary nitrogens is 1. The predicted molar refractivity (Wildman–Crippen MR) is 57.7 cm³/mol. The van der Waals surface area contributed by atoms with Gasteiger partial charge in [0.2, 0.25) is 0 Å². The van der Waals surface area contributed by atoms with Crippen LogP contribution in [0, 0.1) is 0 Å². The first-order valence-corrected chi connectivity index (χ1v) is 6.28. The fourth-order valence-electron chi connectivity index (χ4n) is 2.09. The van der Waals surface area contributed by atoms with Gasteiger partial charge in [0.25, 0.3) is 0 Å². The topological polar surface area (TPSA) is 0 Å². The highest BCUT2D eigenvalue weighted by atomic mass is 79.9. The molecular formula is C10H21BrN+. The molecule has 0 radical (unpaired) electrons. The molecule has 0 aromatic carbocycles. The highest BCUT2D eigenvalue weighted by molar-refractivity contribution is 9.09. The first-order valence-electron chi connectivity index (χ1n) is 5.16. The minimum absolute atomic E-state index is 1.17. The highest BCUT2D eigenvalue weighted by Crippen LogP contribution is 2.17. The zero-order valence-corrected chi connectivity index (χ0v) is 9.78. The summed E-state index contributed by atoms with van der Waals surface area (Å²) in [6.45, 7) is 4.23. The van der Waals surface area contributed by atoms with Crippen LogP contribution in [0.2, 0.25) is 0 Å². The average molecular weight is 235 g/mol. The van der Waals surface area contributed by atoms with Crippen LogP contribution in [-0.2, 0) is 0 Å². The zero-order chi connectivity index (χ0) is 8.86. The number of hydrogen-bond donors (Lipinski definition) is 0. The third-order valence-corrected chi connectivity index (χ3v) is 3.54. The Labute approximate surface area is 84.9 Å². The van der Waals surface area contributed by atoms with Crippen molar-refractivity contribution in [3.8, 4) is 0 Å². The second-order valence-corrected chi connectivity index (χ2v) is 5.04. The number of hydrogen-bond acceptors (Lipinski definition) is 0. The lowest BCUT2D eigenvalue weighted by atomic mass is 10.1. The SMILES string of the molecule is C[N+]1(CCCCBr)CCCCC1. The summed E-state index contributed by atoms with van der Waals surface area (Å²) in [6.07, 6.45) is 7.09. The van der Waals surface area contributed by atoms with Gasteiger partial charge in [-0.3, -0.25) is 0 Å². The van der Waals surface area contributed by atoms with Crippen molar-refractivity contribution in [2.75, 3.05) is 32.0 Å². The molecule has 0 bridgehead atoms. The number of nitrogens with zero attached hydrogens (tertiary/aromatic N) is 1. The van der Waals surface area contributed by atoms with Crippen molar-refractivity contribution in [2.45, 2.75) is 32.1 Å². The minimum Gasteiger partial charge on any atom is -0.326 e. The maximum Gasteiger partial charge on any atom is 0.0784 e. The number of piperidine rings is 1. The summed E-state index contributed by atoms with van der Waals surface area (Å²) in [6, 6.07) is 0. The summed E-state index contributed by atoms with van der Waals surface area (Å²) < 4.78 is 1.34. The van der Waals surface area contributed by atoms with Gasteiger partial charge in [0.05, 0.1) is 26.7 Å². The van der Waals surface area contributed by atoms with Crippen molar-refractivity contribution in [2.24, 2.45) is 0 Å². The average Bonchev–Trinajstić information content (AvgIpc) is 2.06. The fourth-order valence-corrected chi connectivity index (χ4v) is 2.48. The first-order chi connectivity index (χ1) is 5.77. The van der Waals surface area contributed by atoms with Gasteiger partial charge in [0.1, 0.15) is 0 Å². The molecule has 1 saturated heterocycles. The van der Waals surface area contributed by atoms with Gasteiger partial charge in [-0.15, -0.1) is 0 Å². The summed E-state index contributed by atoms with van der Waals surface area (Å²) in [5.41, 5.74) is 0. The van der Waals surface area contributed by atoms with Gasteiger partial charge < -0.3 is 4.48 Å². The fraction of sp³-hybridized carbons (Fsp3) is 1.00. The summed E-state index contributed by atoms with van der Waals surface area (Å²) in [5, 5.41) is 1.17. The summed E-state index contributed by atoms with van der Waals surface area (Å²) >= 11 is 3.49. The van der Waals surface area contributed by atoms with E-state index in [4.69, 9.17) is 0 Å². The summed E-state index contributed by atoms with van der Waals surface area (Å²) in [4.78, 5) is 0. The Morgan fingerprint density at radius 1 is 1.08 bits per heavy atom. The Balaban J connectivity index is 2.17. The smallest absolute Gasteiger partial charge is 0.0784 e. The molecule has 72 valence electrons. The zero-order valence-electron chi connectivity index (χ0n) is 8.19. The molecule has 12 heavy (non-hydrogen) atoms. The van der Waals surface area contributed by atoms with Crippen LogP contribution in [0.4, 0.5) is 0 Å². The number of likely N-dealkylation sites (tertiary alicyclic amines) is 1. The molecule has 1 aliphatic rings. The van der Waals surface area contributed by atoms with Gasteiger partial charge in [0.15, 0.2) is 0 Å². The van der Waals surface area contributed by atoms with Crippen LogP contribution in [0.3, 0.4) is 0 Å². The Hall–Kier alpha value is 0.440. The first kappa shape index (κ1) is 10.5. The predicted octanol–water partition coefficient (Wildman–Crippen LogP) is 2.79. The van der Waals surface area contributed by atoms with Crippen LogP contribution in [0.25, 0.3) is 0 Å². The van der Waals surface area contributed by atoms with E-state index < -0.39 is 0 Å². The molecule has 0 unspecified atom stereocenters. The standard InChI is InChI=1S/C10H21BrN/c1-12(10-6-3-7-11)8-4-2-5-9-12/h2-10H2,1H3/q+1. The van der Waals surface area contributed by atoms with Crippen LogP contribution >= 0.6 is 15.9 Å². The molecule has 0 amide bonds. The van der Waals surface area contributed by atoms with Crippen molar-refractivity contribution in [3.05, 3.63) is 0 Å². The molecular weight excluding hydrogens is 214 g/mol. The maximum atomic E-state index is 3.49. The largest absolute Gasteiger partial charge is 0.326 e. The van der Waals surface area contributed by atoms with E-state index in [1.54, 1.807) is 0 Å². The second kappa shape index (κ2) is 5.23. The Morgan fingerprint density at radius 3 is 2.33 bits per heavy atom. The Morgan fingerprint density at radius 2 is 1.75 bits per heavy atom. The number of rotatable bonds is 4. The summed E-state index contributed by atoms with van der Waals surface area (Å²) in [5.74, 6) is 0. The maximum absolute atomic E-state index is 3.49. The molecule has 0 aliphatic carbocycles. The number of alkyl halides is 1. The van der Waals surface area contributed by atoms with Gasteiger partial charge in [0, 0.05) is 5.33 Å².